The molecule has 0 radical (unpaired) electrons. The molecule has 0 spiro atoms. The van der Waals surface area contributed by atoms with Crippen molar-refractivity contribution in [2.75, 3.05) is 13.7 Å². The number of aromatic nitrogens is 2. The van der Waals surface area contributed by atoms with Crippen LogP contribution in [0.5, 0.6) is 5.75 Å². The number of ether oxygens (including phenoxy) is 2. The van der Waals surface area contributed by atoms with Crippen LogP contribution in [0.2, 0.25) is 0 Å². The van der Waals surface area contributed by atoms with Gasteiger partial charge in [-0.25, -0.2) is 13.8 Å². The second-order valence-corrected chi connectivity index (χ2v) is 6.01. The molecule has 0 saturated carbocycles. The van der Waals surface area contributed by atoms with E-state index in [1.54, 1.807) is 35.2 Å². The lowest BCUT2D eigenvalue weighted by Gasteiger charge is -2.14. The Hall–Kier alpha value is -3.28. The first-order valence-electron chi connectivity index (χ1n) is 8.38. The average molecular weight is 350 g/mol. The molecule has 4 aromatic rings. The summed E-state index contributed by atoms with van der Waals surface area (Å²) in [4.78, 5) is 25.7. The summed E-state index contributed by atoms with van der Waals surface area (Å²) in [5.41, 5.74) is 2.33. The van der Waals surface area contributed by atoms with Gasteiger partial charge in [0.25, 0.3) is 5.56 Å². The molecule has 2 aromatic carbocycles. The molecule has 0 fully saturated rings. The van der Waals surface area contributed by atoms with Gasteiger partial charge in [0.05, 0.1) is 41.4 Å². The van der Waals surface area contributed by atoms with E-state index in [1.807, 2.05) is 37.3 Å². The maximum absolute atomic E-state index is 13.1. The van der Waals surface area contributed by atoms with Gasteiger partial charge in [0.2, 0.25) is 0 Å². The highest BCUT2D eigenvalue weighted by molar-refractivity contribution is 6.05. The quantitative estimate of drug-likeness (QED) is 0.532. The first-order valence-corrected chi connectivity index (χ1v) is 8.38. The van der Waals surface area contributed by atoms with Crippen molar-refractivity contribution >= 4 is 27.8 Å². The lowest BCUT2D eigenvalue weighted by Crippen LogP contribution is -2.18. The van der Waals surface area contributed by atoms with Crippen molar-refractivity contribution in [1.82, 2.24) is 9.03 Å². The molecule has 0 N–H and O–H groups in total. The van der Waals surface area contributed by atoms with Crippen LogP contribution in [-0.4, -0.2) is 28.7 Å². The van der Waals surface area contributed by atoms with Gasteiger partial charge in [0.15, 0.2) is 0 Å². The third-order valence-corrected chi connectivity index (χ3v) is 4.62. The fourth-order valence-electron chi connectivity index (χ4n) is 3.49. The van der Waals surface area contributed by atoms with Crippen LogP contribution in [0, 0.1) is 6.92 Å². The molecule has 6 nitrogen and oxygen atoms in total. The van der Waals surface area contributed by atoms with Gasteiger partial charge in [-0.05, 0) is 38.1 Å². The van der Waals surface area contributed by atoms with Crippen LogP contribution in [-0.2, 0) is 4.74 Å². The van der Waals surface area contributed by atoms with Gasteiger partial charge in [-0.2, -0.15) is 0 Å². The summed E-state index contributed by atoms with van der Waals surface area (Å²) in [7, 11) is 1.56. The largest absolute Gasteiger partial charge is 0.497 e. The van der Waals surface area contributed by atoms with Crippen LogP contribution < -0.4 is 10.3 Å². The zero-order valence-electron chi connectivity index (χ0n) is 14.8. The Morgan fingerprint density at radius 3 is 2.50 bits per heavy atom. The van der Waals surface area contributed by atoms with E-state index in [1.165, 1.54) is 0 Å². The van der Waals surface area contributed by atoms with Gasteiger partial charge in [0, 0.05) is 5.39 Å². The number of esters is 1. The van der Waals surface area contributed by atoms with Gasteiger partial charge < -0.3 is 9.47 Å². The summed E-state index contributed by atoms with van der Waals surface area (Å²) < 4.78 is 13.9. The number of rotatable bonds is 3. The predicted octanol–water partition coefficient (Wildman–Crippen LogP) is 3.20. The molecule has 132 valence electrons. The molecule has 0 saturated heterocycles. The average Bonchev–Trinajstić information content (AvgIpc) is 2.95. The van der Waals surface area contributed by atoms with E-state index in [2.05, 4.69) is 0 Å². The van der Waals surface area contributed by atoms with E-state index >= 15 is 0 Å². The molecule has 4 rings (SSSR count). The number of para-hydroxylation sites is 1. The van der Waals surface area contributed by atoms with Crippen LogP contribution in [0.4, 0.5) is 0 Å². The van der Waals surface area contributed by atoms with E-state index < -0.39 is 5.97 Å². The molecule has 0 aliphatic carbocycles. The Labute approximate surface area is 149 Å². The Morgan fingerprint density at radius 1 is 1.04 bits per heavy atom. The highest BCUT2D eigenvalue weighted by atomic mass is 16.5. The van der Waals surface area contributed by atoms with Crippen LogP contribution in [0.1, 0.15) is 23.0 Å². The Kier molecular flexibility index (Phi) is 3.68. The molecule has 2 aromatic heterocycles. The SMILES string of the molecule is CCOC(=O)c1c(C)n2c3ccc(OC)cc3c(=O)n2c2ccccc12. The van der Waals surface area contributed by atoms with E-state index in [9.17, 15) is 9.59 Å². The van der Waals surface area contributed by atoms with Gasteiger partial charge in [-0.1, -0.05) is 18.2 Å². The summed E-state index contributed by atoms with van der Waals surface area (Å²) in [6.07, 6.45) is 0. The third-order valence-electron chi connectivity index (χ3n) is 4.62. The Bertz CT molecular complexity index is 1230. The number of hydrogen-bond donors (Lipinski definition) is 0. The monoisotopic (exact) mass is 350 g/mol. The first kappa shape index (κ1) is 16.2. The zero-order valence-corrected chi connectivity index (χ0v) is 14.8. The lowest BCUT2D eigenvalue weighted by atomic mass is 10.1. The molecule has 0 amide bonds. The number of benzene rings is 2. The van der Waals surface area contributed by atoms with Crippen molar-refractivity contribution in [3.05, 3.63) is 64.1 Å². The van der Waals surface area contributed by atoms with E-state index in [-0.39, 0.29) is 12.2 Å². The number of hydrogen-bond acceptors (Lipinski definition) is 4. The van der Waals surface area contributed by atoms with E-state index in [0.29, 0.717) is 38.8 Å². The first-order chi connectivity index (χ1) is 12.6. The molecule has 0 aliphatic rings. The lowest BCUT2D eigenvalue weighted by molar-refractivity contribution is 0.0527. The number of methoxy groups -OCH3 is 1. The van der Waals surface area contributed by atoms with Gasteiger partial charge in [0.1, 0.15) is 5.75 Å². The Balaban J connectivity index is 2.27. The summed E-state index contributed by atoms with van der Waals surface area (Å²) in [6.45, 7) is 3.88. The smallest absolute Gasteiger partial charge is 0.340 e. The summed E-state index contributed by atoms with van der Waals surface area (Å²) in [6, 6.07) is 12.7. The number of nitrogens with zero attached hydrogens (tertiary/aromatic N) is 2. The maximum Gasteiger partial charge on any atom is 0.340 e. The maximum atomic E-state index is 13.1. The number of carbonyl (C=O) groups is 1. The molecular weight excluding hydrogens is 332 g/mol. The number of carbonyl (C=O) groups excluding carboxylic acids is 1. The van der Waals surface area contributed by atoms with Crippen LogP contribution in [0.15, 0.2) is 47.3 Å². The van der Waals surface area contributed by atoms with Crippen molar-refractivity contribution in [1.29, 1.82) is 0 Å². The highest BCUT2D eigenvalue weighted by Gasteiger charge is 2.22. The second kappa shape index (κ2) is 5.91. The summed E-state index contributed by atoms with van der Waals surface area (Å²) >= 11 is 0. The fourth-order valence-corrected chi connectivity index (χ4v) is 3.49. The van der Waals surface area contributed by atoms with Crippen molar-refractivity contribution < 1.29 is 14.3 Å². The second-order valence-electron chi connectivity index (χ2n) is 6.01. The molecule has 0 bridgehead atoms. The summed E-state index contributed by atoms with van der Waals surface area (Å²) in [5.74, 6) is 0.213. The molecule has 0 aliphatic heterocycles. The Morgan fingerprint density at radius 2 is 1.77 bits per heavy atom. The topological polar surface area (TPSA) is 61.4 Å². The van der Waals surface area contributed by atoms with E-state index in [0.717, 1.165) is 0 Å². The molecule has 0 unspecified atom stereocenters. The number of aryl methyl sites for hydroxylation is 1. The molecule has 6 heteroatoms. The molecule has 26 heavy (non-hydrogen) atoms. The number of fused-ring (bicyclic) bond motifs is 5. The minimum absolute atomic E-state index is 0.159. The molecule has 2 heterocycles. The predicted molar refractivity (Wildman–Crippen MR) is 99.4 cm³/mol. The van der Waals surface area contributed by atoms with Gasteiger partial charge in [-0.3, -0.25) is 4.79 Å². The van der Waals surface area contributed by atoms with E-state index in [4.69, 9.17) is 9.47 Å². The van der Waals surface area contributed by atoms with Gasteiger partial charge in [-0.15, -0.1) is 0 Å². The van der Waals surface area contributed by atoms with Crippen molar-refractivity contribution in [2.24, 2.45) is 0 Å². The minimum Gasteiger partial charge on any atom is -0.497 e. The summed E-state index contributed by atoms with van der Waals surface area (Å²) in [5, 5.41) is 1.22. The normalized spacial score (nSPS) is 11.3. The third kappa shape index (κ3) is 2.12. The minimum atomic E-state index is -0.397. The fraction of sp³-hybridized carbons (Fsp3) is 0.200. The van der Waals surface area contributed by atoms with Crippen LogP contribution >= 0.6 is 0 Å². The van der Waals surface area contributed by atoms with Crippen LogP contribution in [0.25, 0.3) is 21.8 Å². The highest BCUT2D eigenvalue weighted by Crippen LogP contribution is 2.26. The standard InChI is InChI=1S/C20H18N2O4/c1-4-26-20(24)18-12(2)21-17-10-9-13(25-3)11-15(17)19(23)22(21)16-8-6-5-7-14(16)18/h5-11H,4H2,1-3H3. The molecule has 0 atom stereocenters. The zero-order chi connectivity index (χ0) is 18.4. The van der Waals surface area contributed by atoms with Crippen LogP contribution in [0.3, 0.4) is 0 Å². The van der Waals surface area contributed by atoms with Crippen molar-refractivity contribution in [2.45, 2.75) is 13.8 Å². The van der Waals surface area contributed by atoms with Crippen molar-refractivity contribution in [3.63, 3.8) is 0 Å². The van der Waals surface area contributed by atoms with Gasteiger partial charge >= 0.3 is 5.97 Å². The molecular formula is C20H18N2O4. The van der Waals surface area contributed by atoms with Crippen molar-refractivity contribution in [3.8, 4) is 5.75 Å².